The second kappa shape index (κ2) is 7.52. The van der Waals surface area contributed by atoms with E-state index in [0.29, 0.717) is 5.56 Å². The molecule has 0 atom stereocenters. The first kappa shape index (κ1) is 18.1. The smallest absolute Gasteiger partial charge is 0.338 e. The van der Waals surface area contributed by atoms with Crippen molar-refractivity contribution in [2.24, 2.45) is 0 Å². The number of ether oxygens (including phenoxy) is 1. The lowest BCUT2D eigenvalue weighted by Crippen LogP contribution is -2.21. The molecule has 0 aromatic heterocycles. The van der Waals surface area contributed by atoms with Crippen LogP contribution in [0.2, 0.25) is 0 Å². The third-order valence-electron chi connectivity index (χ3n) is 3.59. The van der Waals surface area contributed by atoms with Crippen molar-refractivity contribution < 1.29 is 23.6 Å². The third kappa shape index (κ3) is 4.37. The zero-order chi connectivity index (χ0) is 18.6. The van der Waals surface area contributed by atoms with Gasteiger partial charge < -0.3 is 10.1 Å². The topological polar surface area (TPSA) is 98.5 Å². The van der Waals surface area contributed by atoms with Crippen LogP contribution in [0.1, 0.15) is 21.5 Å². The van der Waals surface area contributed by atoms with Gasteiger partial charge in [0.25, 0.3) is 5.91 Å². The van der Waals surface area contributed by atoms with Gasteiger partial charge in [-0.3, -0.25) is 14.9 Å². The number of hydrogen-bond donors (Lipinski definition) is 1. The molecule has 0 bridgehead atoms. The van der Waals surface area contributed by atoms with E-state index in [-0.39, 0.29) is 5.69 Å². The van der Waals surface area contributed by atoms with Crippen LogP contribution in [0, 0.1) is 29.8 Å². The molecule has 2 aromatic rings. The van der Waals surface area contributed by atoms with Crippen LogP contribution < -0.4 is 5.32 Å². The molecule has 0 radical (unpaired) electrons. The van der Waals surface area contributed by atoms with Gasteiger partial charge in [0.05, 0.1) is 10.5 Å². The highest BCUT2D eigenvalue weighted by molar-refractivity contribution is 5.96. The Hall–Kier alpha value is -3.29. The first-order chi connectivity index (χ1) is 11.8. The van der Waals surface area contributed by atoms with Crippen LogP contribution in [-0.2, 0) is 9.53 Å². The van der Waals surface area contributed by atoms with Crippen LogP contribution >= 0.6 is 0 Å². The zero-order valence-corrected chi connectivity index (χ0v) is 13.5. The number of nitrogens with zero attached hydrogens (tertiary/aromatic N) is 1. The molecular formula is C17H15FN2O5. The van der Waals surface area contributed by atoms with Crippen molar-refractivity contribution in [3.8, 4) is 0 Å². The normalized spacial score (nSPS) is 10.2. The van der Waals surface area contributed by atoms with E-state index in [9.17, 15) is 24.1 Å². The van der Waals surface area contributed by atoms with Crippen LogP contribution in [-0.4, -0.2) is 23.4 Å². The van der Waals surface area contributed by atoms with Crippen molar-refractivity contribution in [3.63, 3.8) is 0 Å². The van der Waals surface area contributed by atoms with Gasteiger partial charge in [0.1, 0.15) is 0 Å². The second-order valence-corrected chi connectivity index (χ2v) is 5.30. The highest BCUT2D eigenvalue weighted by atomic mass is 19.1. The molecule has 0 fully saturated rings. The number of nitro groups is 1. The fraction of sp³-hybridized carbons (Fsp3) is 0.176. The van der Waals surface area contributed by atoms with Crippen molar-refractivity contribution >= 4 is 23.3 Å². The summed E-state index contributed by atoms with van der Waals surface area (Å²) in [6.45, 7) is 3.04. The Morgan fingerprint density at radius 1 is 1.24 bits per heavy atom. The molecule has 1 amide bonds. The average Bonchev–Trinajstić information content (AvgIpc) is 2.56. The molecule has 8 heteroatoms. The van der Waals surface area contributed by atoms with E-state index in [0.717, 1.165) is 23.3 Å². The number of aryl methyl sites for hydroxylation is 1. The molecule has 7 nitrogen and oxygen atoms in total. The first-order valence-corrected chi connectivity index (χ1v) is 7.26. The molecule has 0 aliphatic rings. The van der Waals surface area contributed by atoms with Gasteiger partial charge in [0.15, 0.2) is 6.61 Å². The van der Waals surface area contributed by atoms with Crippen molar-refractivity contribution in [1.82, 2.24) is 0 Å². The Kier molecular flexibility index (Phi) is 5.43. The van der Waals surface area contributed by atoms with Gasteiger partial charge in [-0.25, -0.2) is 4.79 Å². The highest BCUT2D eigenvalue weighted by Gasteiger charge is 2.17. The Morgan fingerprint density at radius 2 is 1.96 bits per heavy atom. The Morgan fingerprint density at radius 3 is 2.64 bits per heavy atom. The lowest BCUT2D eigenvalue weighted by molar-refractivity contribution is -0.387. The molecule has 0 heterocycles. The van der Waals surface area contributed by atoms with Crippen LogP contribution in [0.3, 0.4) is 0 Å². The van der Waals surface area contributed by atoms with Crippen LogP contribution in [0.5, 0.6) is 0 Å². The maximum absolute atomic E-state index is 13.2. The van der Waals surface area contributed by atoms with Gasteiger partial charge in [-0.1, -0.05) is 12.1 Å². The molecule has 25 heavy (non-hydrogen) atoms. The average molecular weight is 346 g/mol. The molecule has 2 rings (SSSR count). The summed E-state index contributed by atoms with van der Waals surface area (Å²) in [5, 5.41) is 13.0. The van der Waals surface area contributed by atoms with E-state index in [1.165, 1.54) is 6.07 Å². The quantitative estimate of drug-likeness (QED) is 0.509. The van der Waals surface area contributed by atoms with Crippen LogP contribution in [0.15, 0.2) is 36.4 Å². The summed E-state index contributed by atoms with van der Waals surface area (Å²) in [5.74, 6) is -2.36. The zero-order valence-electron chi connectivity index (χ0n) is 13.5. The molecule has 0 saturated heterocycles. The Labute approximate surface area is 142 Å². The lowest BCUT2D eigenvalue weighted by Gasteiger charge is -2.09. The molecule has 1 N–H and O–H groups in total. The minimum Gasteiger partial charge on any atom is -0.452 e. The molecule has 0 spiro atoms. The number of rotatable bonds is 5. The Balaban J connectivity index is 1.99. The van der Waals surface area contributed by atoms with E-state index in [1.807, 2.05) is 13.0 Å². The number of amides is 1. The largest absolute Gasteiger partial charge is 0.452 e. The number of esters is 1. The number of nitro benzene ring substituents is 1. The lowest BCUT2D eigenvalue weighted by atomic mass is 10.0. The molecule has 130 valence electrons. The van der Waals surface area contributed by atoms with Crippen molar-refractivity contribution in [2.45, 2.75) is 13.8 Å². The number of carbonyl (C=O) groups is 2. The third-order valence-corrected chi connectivity index (χ3v) is 3.59. The summed E-state index contributed by atoms with van der Waals surface area (Å²) in [4.78, 5) is 33.6. The van der Waals surface area contributed by atoms with Gasteiger partial charge in [0, 0.05) is 11.8 Å². The van der Waals surface area contributed by atoms with E-state index in [2.05, 4.69) is 5.32 Å². The standard InChI is InChI=1S/C17H15FN2O5/c1-10-4-3-5-13(11(10)2)17(22)25-9-16(21)19-12-6-7-14(18)15(8-12)20(23)24/h3-8H,9H2,1-2H3,(H,19,21). The minimum atomic E-state index is -1.01. The summed E-state index contributed by atoms with van der Waals surface area (Å²) in [5.41, 5.74) is 1.29. The predicted molar refractivity (Wildman–Crippen MR) is 87.9 cm³/mol. The summed E-state index contributed by atoms with van der Waals surface area (Å²) >= 11 is 0. The van der Waals surface area contributed by atoms with Gasteiger partial charge in [-0.15, -0.1) is 0 Å². The van der Waals surface area contributed by atoms with E-state index < -0.39 is 34.9 Å². The van der Waals surface area contributed by atoms with E-state index in [1.54, 1.807) is 19.1 Å². The highest BCUT2D eigenvalue weighted by Crippen LogP contribution is 2.21. The summed E-state index contributed by atoms with van der Waals surface area (Å²) in [7, 11) is 0. The molecule has 2 aromatic carbocycles. The fourth-order valence-corrected chi connectivity index (χ4v) is 2.11. The van der Waals surface area contributed by atoms with Gasteiger partial charge in [0.2, 0.25) is 5.82 Å². The van der Waals surface area contributed by atoms with Crippen molar-refractivity contribution in [1.29, 1.82) is 0 Å². The van der Waals surface area contributed by atoms with Crippen molar-refractivity contribution in [3.05, 3.63) is 69.0 Å². The summed E-state index contributed by atoms with van der Waals surface area (Å²) in [6, 6.07) is 8.07. The molecule has 0 aliphatic carbocycles. The van der Waals surface area contributed by atoms with Crippen molar-refractivity contribution in [2.75, 3.05) is 11.9 Å². The van der Waals surface area contributed by atoms with E-state index >= 15 is 0 Å². The summed E-state index contributed by atoms with van der Waals surface area (Å²) in [6.07, 6.45) is 0. The van der Waals surface area contributed by atoms with E-state index in [4.69, 9.17) is 4.74 Å². The van der Waals surface area contributed by atoms with Gasteiger partial charge in [-0.2, -0.15) is 4.39 Å². The second-order valence-electron chi connectivity index (χ2n) is 5.30. The molecular weight excluding hydrogens is 331 g/mol. The molecule has 0 saturated carbocycles. The molecule has 0 unspecified atom stereocenters. The predicted octanol–water partition coefficient (Wildman–Crippen LogP) is 3.15. The SMILES string of the molecule is Cc1cccc(C(=O)OCC(=O)Nc2ccc(F)c([N+](=O)[O-])c2)c1C. The Bertz CT molecular complexity index is 851. The minimum absolute atomic E-state index is 0.0286. The number of anilines is 1. The number of hydrogen-bond acceptors (Lipinski definition) is 5. The van der Waals surface area contributed by atoms with Gasteiger partial charge in [-0.05, 0) is 43.2 Å². The maximum atomic E-state index is 13.2. The molecule has 0 aliphatic heterocycles. The van der Waals surface area contributed by atoms with Crippen LogP contribution in [0.4, 0.5) is 15.8 Å². The first-order valence-electron chi connectivity index (χ1n) is 7.26. The summed E-state index contributed by atoms with van der Waals surface area (Å²) < 4.78 is 18.2. The maximum Gasteiger partial charge on any atom is 0.338 e. The van der Waals surface area contributed by atoms with Crippen LogP contribution in [0.25, 0.3) is 0 Å². The monoisotopic (exact) mass is 346 g/mol. The van der Waals surface area contributed by atoms with Gasteiger partial charge >= 0.3 is 11.7 Å². The fourth-order valence-electron chi connectivity index (χ4n) is 2.11. The number of benzene rings is 2. The number of carbonyl (C=O) groups excluding carboxylic acids is 2. The number of nitrogens with one attached hydrogen (secondary N) is 1. The number of halogens is 1.